The molecule has 6 heteroatoms. The van der Waals surface area contributed by atoms with Crippen molar-refractivity contribution in [2.75, 3.05) is 19.6 Å². The summed E-state index contributed by atoms with van der Waals surface area (Å²) in [6.45, 7) is 3.89. The number of aromatic nitrogens is 2. The molecular weight excluding hydrogens is 340 g/mol. The standard InChI is InChI=1S/C21H26N4O2/c1-24-18-12-21(7-9-22-10-8-21)27-14-17(18)19(23-24)20(26)25-11-6-15-4-2-3-5-16(15)13-25/h2-5,22H,6-14H2,1H3. The molecule has 1 amide bonds. The predicted octanol–water partition coefficient (Wildman–Crippen LogP) is 1.81. The van der Waals surface area contributed by atoms with Crippen LogP contribution in [0, 0.1) is 0 Å². The number of amides is 1. The van der Waals surface area contributed by atoms with Crippen molar-refractivity contribution in [3.63, 3.8) is 0 Å². The molecule has 6 nitrogen and oxygen atoms in total. The number of hydrogen-bond donors (Lipinski definition) is 1. The number of aryl methyl sites for hydroxylation is 1. The molecule has 1 aromatic carbocycles. The van der Waals surface area contributed by atoms with Crippen LogP contribution >= 0.6 is 0 Å². The zero-order valence-electron chi connectivity index (χ0n) is 15.8. The van der Waals surface area contributed by atoms with Crippen molar-refractivity contribution in [1.29, 1.82) is 0 Å². The summed E-state index contributed by atoms with van der Waals surface area (Å²) in [5.74, 6) is 0.0335. The van der Waals surface area contributed by atoms with Crippen LogP contribution in [0.1, 0.15) is 45.7 Å². The monoisotopic (exact) mass is 366 g/mol. The molecule has 1 N–H and O–H groups in total. The molecule has 0 atom stereocenters. The second-order valence-corrected chi connectivity index (χ2v) is 8.04. The van der Waals surface area contributed by atoms with E-state index in [0.29, 0.717) is 18.8 Å². The van der Waals surface area contributed by atoms with E-state index < -0.39 is 0 Å². The van der Waals surface area contributed by atoms with Gasteiger partial charge in [0.1, 0.15) is 0 Å². The van der Waals surface area contributed by atoms with Crippen LogP contribution in [-0.4, -0.2) is 45.8 Å². The summed E-state index contributed by atoms with van der Waals surface area (Å²) in [7, 11) is 1.96. The number of carbonyl (C=O) groups is 1. The number of carbonyl (C=O) groups excluding carboxylic acids is 1. The molecule has 142 valence electrons. The van der Waals surface area contributed by atoms with Crippen LogP contribution in [0.15, 0.2) is 24.3 Å². The molecule has 1 fully saturated rings. The summed E-state index contributed by atoms with van der Waals surface area (Å²) in [6, 6.07) is 8.39. The van der Waals surface area contributed by atoms with Gasteiger partial charge in [0.15, 0.2) is 5.69 Å². The van der Waals surface area contributed by atoms with Crippen molar-refractivity contribution >= 4 is 5.91 Å². The smallest absolute Gasteiger partial charge is 0.275 e. The van der Waals surface area contributed by atoms with Crippen LogP contribution in [0.3, 0.4) is 0 Å². The third-order valence-corrected chi connectivity index (χ3v) is 6.42. The van der Waals surface area contributed by atoms with Gasteiger partial charge >= 0.3 is 0 Å². The molecule has 0 unspecified atom stereocenters. The molecule has 1 spiro atoms. The van der Waals surface area contributed by atoms with E-state index in [-0.39, 0.29) is 11.5 Å². The topological polar surface area (TPSA) is 59.4 Å². The Bertz CT molecular complexity index is 882. The number of ether oxygens (including phenoxy) is 1. The number of hydrogen-bond acceptors (Lipinski definition) is 4. The van der Waals surface area contributed by atoms with E-state index in [1.165, 1.54) is 16.8 Å². The van der Waals surface area contributed by atoms with Gasteiger partial charge in [0.2, 0.25) is 0 Å². The Morgan fingerprint density at radius 2 is 2.00 bits per heavy atom. The van der Waals surface area contributed by atoms with Crippen LogP contribution in [0.4, 0.5) is 0 Å². The van der Waals surface area contributed by atoms with Gasteiger partial charge in [0, 0.05) is 37.8 Å². The lowest BCUT2D eigenvalue weighted by Crippen LogP contribution is -2.47. The van der Waals surface area contributed by atoms with Gasteiger partial charge in [-0.25, -0.2) is 0 Å². The molecule has 4 heterocycles. The van der Waals surface area contributed by atoms with E-state index in [1.54, 1.807) is 0 Å². The zero-order chi connectivity index (χ0) is 18.4. The summed E-state index contributed by atoms with van der Waals surface area (Å²) in [6.07, 6.45) is 3.79. The fourth-order valence-electron chi connectivity index (χ4n) is 4.75. The van der Waals surface area contributed by atoms with E-state index >= 15 is 0 Å². The first-order valence-corrected chi connectivity index (χ1v) is 9.91. The van der Waals surface area contributed by atoms with Gasteiger partial charge in [-0.3, -0.25) is 9.48 Å². The highest BCUT2D eigenvalue weighted by Gasteiger charge is 2.40. The second-order valence-electron chi connectivity index (χ2n) is 8.04. The average Bonchev–Trinajstić information content (AvgIpc) is 3.03. The van der Waals surface area contributed by atoms with Crippen molar-refractivity contribution in [2.24, 2.45) is 7.05 Å². The Balaban J connectivity index is 1.41. The Morgan fingerprint density at radius 1 is 1.22 bits per heavy atom. The number of fused-ring (bicyclic) bond motifs is 2. The van der Waals surface area contributed by atoms with Gasteiger partial charge in [0.05, 0.1) is 12.2 Å². The average molecular weight is 366 g/mol. The van der Waals surface area contributed by atoms with Gasteiger partial charge < -0.3 is 15.0 Å². The summed E-state index contributed by atoms with van der Waals surface area (Å²) in [5, 5.41) is 8.04. The predicted molar refractivity (Wildman–Crippen MR) is 101 cm³/mol. The van der Waals surface area contributed by atoms with E-state index in [4.69, 9.17) is 4.74 Å². The fourth-order valence-corrected chi connectivity index (χ4v) is 4.75. The van der Waals surface area contributed by atoms with Crippen molar-refractivity contribution in [3.8, 4) is 0 Å². The van der Waals surface area contributed by atoms with E-state index in [9.17, 15) is 4.79 Å². The highest BCUT2D eigenvalue weighted by molar-refractivity contribution is 5.94. The van der Waals surface area contributed by atoms with Gasteiger partial charge in [-0.1, -0.05) is 24.3 Å². The third-order valence-electron chi connectivity index (χ3n) is 6.42. The largest absolute Gasteiger partial charge is 0.370 e. The molecule has 0 radical (unpaired) electrons. The minimum absolute atomic E-state index is 0.0335. The minimum atomic E-state index is -0.0869. The first-order valence-electron chi connectivity index (χ1n) is 9.91. The Hall–Kier alpha value is -2.18. The van der Waals surface area contributed by atoms with Crippen molar-refractivity contribution in [3.05, 3.63) is 52.3 Å². The Kier molecular flexibility index (Phi) is 4.06. The van der Waals surface area contributed by atoms with E-state index in [1.807, 2.05) is 22.7 Å². The maximum absolute atomic E-state index is 13.2. The molecule has 2 aromatic rings. The highest BCUT2D eigenvalue weighted by atomic mass is 16.5. The molecule has 0 bridgehead atoms. The Labute approximate surface area is 159 Å². The first kappa shape index (κ1) is 17.0. The molecule has 3 aliphatic heterocycles. The maximum Gasteiger partial charge on any atom is 0.275 e. The quantitative estimate of drug-likeness (QED) is 0.836. The lowest BCUT2D eigenvalue weighted by molar-refractivity contribution is -0.0869. The molecular formula is C21H26N4O2. The SMILES string of the molecule is Cn1nc(C(=O)N2CCc3ccccc3C2)c2c1CC1(CCNCC1)OC2. The van der Waals surface area contributed by atoms with Crippen LogP contribution in [-0.2, 0) is 37.8 Å². The highest BCUT2D eigenvalue weighted by Crippen LogP contribution is 2.36. The van der Waals surface area contributed by atoms with E-state index in [2.05, 4.69) is 28.6 Å². The Morgan fingerprint density at radius 3 is 2.81 bits per heavy atom. The first-order chi connectivity index (χ1) is 13.2. The molecule has 0 aliphatic carbocycles. The van der Waals surface area contributed by atoms with Crippen molar-refractivity contribution in [2.45, 2.75) is 44.4 Å². The van der Waals surface area contributed by atoms with Gasteiger partial charge in [0.25, 0.3) is 5.91 Å². The van der Waals surface area contributed by atoms with Crippen LogP contribution in [0.2, 0.25) is 0 Å². The summed E-state index contributed by atoms with van der Waals surface area (Å²) >= 11 is 0. The number of benzene rings is 1. The zero-order valence-corrected chi connectivity index (χ0v) is 15.8. The van der Waals surface area contributed by atoms with Gasteiger partial charge in [-0.2, -0.15) is 5.10 Å². The van der Waals surface area contributed by atoms with Gasteiger partial charge in [-0.05, 0) is 43.5 Å². The lowest BCUT2D eigenvalue weighted by atomic mass is 9.84. The molecule has 27 heavy (non-hydrogen) atoms. The van der Waals surface area contributed by atoms with E-state index in [0.717, 1.165) is 50.9 Å². The van der Waals surface area contributed by atoms with Crippen molar-refractivity contribution in [1.82, 2.24) is 20.0 Å². The molecule has 1 saturated heterocycles. The van der Waals surface area contributed by atoms with Gasteiger partial charge in [-0.15, -0.1) is 0 Å². The van der Waals surface area contributed by atoms with Crippen molar-refractivity contribution < 1.29 is 9.53 Å². The second kappa shape index (κ2) is 6.46. The normalized spacial score (nSPS) is 21.0. The summed E-state index contributed by atoms with van der Waals surface area (Å²) in [4.78, 5) is 15.2. The number of nitrogens with zero attached hydrogens (tertiary/aromatic N) is 3. The van der Waals surface area contributed by atoms with Crippen LogP contribution < -0.4 is 5.32 Å². The number of rotatable bonds is 1. The minimum Gasteiger partial charge on any atom is -0.370 e. The maximum atomic E-state index is 13.2. The molecule has 5 rings (SSSR count). The van der Waals surface area contributed by atoms with Crippen LogP contribution in [0.25, 0.3) is 0 Å². The number of piperidine rings is 1. The molecule has 3 aliphatic rings. The summed E-state index contributed by atoms with van der Waals surface area (Å²) < 4.78 is 8.23. The lowest BCUT2D eigenvalue weighted by Gasteiger charge is -2.40. The third kappa shape index (κ3) is 2.87. The van der Waals surface area contributed by atoms with Crippen LogP contribution in [0.5, 0.6) is 0 Å². The number of nitrogens with one attached hydrogen (secondary N) is 1. The molecule has 0 saturated carbocycles. The molecule has 1 aromatic heterocycles. The fraction of sp³-hybridized carbons (Fsp3) is 0.524. The summed E-state index contributed by atoms with van der Waals surface area (Å²) in [5.41, 5.74) is 5.24.